The lowest BCUT2D eigenvalue weighted by Crippen LogP contribution is -2.62. The van der Waals surface area contributed by atoms with Gasteiger partial charge in [-0.2, -0.15) is 27.1 Å². The van der Waals surface area contributed by atoms with Crippen LogP contribution in [0.25, 0.3) is 16.9 Å². The molecule has 39 heavy (non-hydrogen) atoms. The molecule has 0 aliphatic carbocycles. The van der Waals surface area contributed by atoms with Crippen LogP contribution in [0.3, 0.4) is 0 Å². The van der Waals surface area contributed by atoms with Crippen molar-refractivity contribution in [3.63, 3.8) is 0 Å². The Bertz CT molecular complexity index is 1400. The van der Waals surface area contributed by atoms with E-state index in [0.29, 0.717) is 16.9 Å². The maximum atomic E-state index is 13.5. The van der Waals surface area contributed by atoms with E-state index in [1.807, 2.05) is 12.1 Å². The zero-order valence-electron chi connectivity index (χ0n) is 20.1. The molecule has 4 heterocycles. The number of fused-ring (bicyclic) bond motifs is 1. The first kappa shape index (κ1) is 26.4. The predicted molar refractivity (Wildman–Crippen MR) is 129 cm³/mol. The largest absolute Gasteiger partial charge is 0.417 e. The van der Waals surface area contributed by atoms with E-state index in [9.17, 15) is 22.0 Å². The first-order valence-corrected chi connectivity index (χ1v) is 11.6. The molecule has 4 N–H and O–H groups in total. The molecule has 0 bridgehead atoms. The number of hydrogen-bond acceptors (Lipinski definition) is 9. The molecule has 2 unspecified atom stereocenters. The molecule has 1 aliphatic heterocycles. The number of benzene rings is 1. The maximum Gasteiger partial charge on any atom is 0.401 e. The third-order valence-electron chi connectivity index (χ3n) is 6.08. The number of pyridine rings is 2. The summed E-state index contributed by atoms with van der Waals surface area (Å²) in [5.74, 6) is -0.285. The van der Waals surface area contributed by atoms with Gasteiger partial charge in [-0.05, 0) is 35.9 Å². The fraction of sp³-hybridized carbons (Fsp3) is 0.250. The summed E-state index contributed by atoms with van der Waals surface area (Å²) in [5, 5.41) is 4.07. The van der Waals surface area contributed by atoms with E-state index < -0.39 is 31.8 Å². The van der Waals surface area contributed by atoms with Crippen molar-refractivity contribution in [3.05, 3.63) is 78.6 Å². The normalized spacial score (nSPS) is 17.9. The van der Waals surface area contributed by atoms with Gasteiger partial charge in [-0.15, -0.1) is 0 Å². The van der Waals surface area contributed by atoms with Crippen LogP contribution in [-0.4, -0.2) is 55.3 Å². The lowest BCUT2D eigenvalue weighted by atomic mass is 10.1. The van der Waals surface area contributed by atoms with Crippen molar-refractivity contribution in [1.82, 2.24) is 29.6 Å². The van der Waals surface area contributed by atoms with Crippen molar-refractivity contribution in [2.45, 2.75) is 31.8 Å². The van der Waals surface area contributed by atoms with E-state index in [2.05, 4.69) is 24.8 Å². The number of alkyl halides is 5. The van der Waals surface area contributed by atoms with Crippen LogP contribution in [-0.2, 0) is 6.54 Å². The number of rotatable bonds is 7. The summed E-state index contributed by atoms with van der Waals surface area (Å²) in [7, 11) is 0. The lowest BCUT2D eigenvalue weighted by molar-refractivity contribution is -0.158. The van der Waals surface area contributed by atoms with E-state index in [4.69, 9.17) is 11.5 Å². The van der Waals surface area contributed by atoms with Crippen LogP contribution in [0.1, 0.15) is 17.4 Å². The zero-order valence-corrected chi connectivity index (χ0v) is 20.1. The first-order valence-electron chi connectivity index (χ1n) is 11.6. The molecule has 0 radical (unpaired) electrons. The van der Waals surface area contributed by atoms with Crippen LogP contribution in [0.2, 0.25) is 0 Å². The molecule has 0 spiro atoms. The van der Waals surface area contributed by atoms with Gasteiger partial charge in [-0.3, -0.25) is 5.73 Å². The number of ether oxygens (including phenoxy) is 1. The van der Waals surface area contributed by atoms with Crippen molar-refractivity contribution >= 4 is 5.69 Å². The Balaban J connectivity index is 1.48. The zero-order chi connectivity index (χ0) is 27.7. The van der Waals surface area contributed by atoms with Gasteiger partial charge in [-0.25, -0.2) is 24.5 Å². The second-order valence-corrected chi connectivity index (χ2v) is 8.64. The second-order valence-electron chi connectivity index (χ2n) is 8.64. The molecule has 4 aromatic rings. The van der Waals surface area contributed by atoms with Crippen LogP contribution >= 0.6 is 0 Å². The maximum absolute atomic E-state index is 13.5. The Hall–Kier alpha value is -4.21. The molecule has 1 aliphatic rings. The summed E-state index contributed by atoms with van der Waals surface area (Å²) in [6, 6.07) is 13.2. The van der Waals surface area contributed by atoms with Crippen LogP contribution in [0, 0.1) is 0 Å². The minimum atomic E-state index is -4.57. The molecule has 2 atom stereocenters. The number of hydrogen-bond donors (Lipinski definition) is 2. The van der Waals surface area contributed by atoms with Crippen molar-refractivity contribution in [1.29, 1.82) is 0 Å². The molecule has 3 aromatic heterocycles. The van der Waals surface area contributed by atoms with Crippen LogP contribution in [0.5, 0.6) is 5.88 Å². The number of anilines is 1. The van der Waals surface area contributed by atoms with Gasteiger partial charge in [0.1, 0.15) is 25.1 Å². The highest BCUT2D eigenvalue weighted by Gasteiger charge is 2.42. The Kier molecular flexibility index (Phi) is 7.12. The highest BCUT2D eigenvalue weighted by Crippen LogP contribution is 2.38. The molecule has 15 heteroatoms. The molecular formula is C24H22F5N9O. The minimum Gasteiger partial charge on any atom is -0.417 e. The van der Waals surface area contributed by atoms with Gasteiger partial charge in [0.25, 0.3) is 0 Å². The standard InChI is InChI=1S/C24H22F5N9O/c25-22(26)39-19-8-3-15(9-33-19)17-6-7-18-20(35-17)21(30)37(11-24(27,28)29)23(31)36(18)10-14-1-4-16(5-2-14)38-13-32-12-34-38/h1-9,12-13,21-23H,10-11,30-31H2. The van der Waals surface area contributed by atoms with E-state index in [-0.39, 0.29) is 18.1 Å². The topological polar surface area (TPSA) is 124 Å². The van der Waals surface area contributed by atoms with Gasteiger partial charge < -0.3 is 15.4 Å². The van der Waals surface area contributed by atoms with E-state index in [0.717, 1.165) is 16.2 Å². The van der Waals surface area contributed by atoms with Gasteiger partial charge in [0.2, 0.25) is 5.88 Å². The average Bonchev–Trinajstić information content (AvgIpc) is 3.44. The average molecular weight is 547 g/mol. The molecule has 0 saturated heterocycles. The summed E-state index contributed by atoms with van der Waals surface area (Å²) >= 11 is 0. The highest BCUT2D eigenvalue weighted by atomic mass is 19.4. The summed E-state index contributed by atoms with van der Waals surface area (Å²) < 4.78 is 71.2. The monoisotopic (exact) mass is 547 g/mol. The predicted octanol–water partition coefficient (Wildman–Crippen LogP) is 3.41. The molecule has 1 aromatic carbocycles. The minimum absolute atomic E-state index is 0.162. The first-order chi connectivity index (χ1) is 18.6. The van der Waals surface area contributed by atoms with Gasteiger partial charge in [0, 0.05) is 24.4 Å². The number of nitrogens with zero attached hydrogens (tertiary/aromatic N) is 7. The molecule has 10 nitrogen and oxygen atoms in total. The van der Waals surface area contributed by atoms with E-state index in [1.54, 1.807) is 40.2 Å². The molecular weight excluding hydrogens is 525 g/mol. The van der Waals surface area contributed by atoms with Crippen molar-refractivity contribution < 1.29 is 26.7 Å². The number of halogens is 5. The summed E-state index contributed by atoms with van der Waals surface area (Å²) in [4.78, 5) is 14.8. The Morgan fingerprint density at radius 1 is 1.00 bits per heavy atom. The summed E-state index contributed by atoms with van der Waals surface area (Å²) in [5.41, 5.74) is 15.5. The number of nitrogens with two attached hydrogens (primary N) is 2. The second kappa shape index (κ2) is 10.5. The Morgan fingerprint density at radius 2 is 1.77 bits per heavy atom. The fourth-order valence-corrected chi connectivity index (χ4v) is 4.29. The quantitative estimate of drug-likeness (QED) is 0.335. The van der Waals surface area contributed by atoms with Crippen molar-refractivity contribution in [2.75, 3.05) is 11.4 Å². The van der Waals surface area contributed by atoms with E-state index >= 15 is 0 Å². The van der Waals surface area contributed by atoms with Gasteiger partial charge in [-0.1, -0.05) is 12.1 Å². The Labute approximate surface area is 218 Å². The molecule has 0 amide bonds. The van der Waals surface area contributed by atoms with Crippen LogP contribution in [0.4, 0.5) is 27.6 Å². The molecule has 0 fully saturated rings. The molecule has 0 saturated carbocycles. The van der Waals surface area contributed by atoms with Crippen LogP contribution < -0.4 is 21.1 Å². The molecule has 5 rings (SSSR count). The summed E-state index contributed by atoms with van der Waals surface area (Å²) in [6.07, 6.45) is -2.82. The SMILES string of the molecule is NC1c2nc(-c3ccc(OC(F)F)nc3)ccc2N(Cc2ccc(-n3cncn3)cc2)C(N)N1CC(F)(F)F. The number of aromatic nitrogens is 5. The fourth-order valence-electron chi connectivity index (χ4n) is 4.29. The summed E-state index contributed by atoms with van der Waals surface area (Å²) in [6.45, 7) is -4.23. The Morgan fingerprint density at radius 3 is 2.38 bits per heavy atom. The highest BCUT2D eigenvalue weighted by molar-refractivity contribution is 5.64. The van der Waals surface area contributed by atoms with Gasteiger partial charge in [0.05, 0.1) is 29.3 Å². The van der Waals surface area contributed by atoms with Crippen LogP contribution in [0.15, 0.2) is 67.4 Å². The van der Waals surface area contributed by atoms with E-state index in [1.165, 1.54) is 24.7 Å². The lowest BCUT2D eigenvalue weighted by Gasteiger charge is -2.46. The van der Waals surface area contributed by atoms with Gasteiger partial charge in [0.15, 0.2) is 0 Å². The van der Waals surface area contributed by atoms with Crippen molar-refractivity contribution in [2.24, 2.45) is 11.5 Å². The smallest absolute Gasteiger partial charge is 0.401 e. The van der Waals surface area contributed by atoms with Crippen molar-refractivity contribution in [3.8, 4) is 22.8 Å². The molecule has 204 valence electrons. The third kappa shape index (κ3) is 5.79. The van der Waals surface area contributed by atoms with Gasteiger partial charge >= 0.3 is 12.8 Å². The third-order valence-corrected chi connectivity index (χ3v) is 6.08.